The molecule has 2 unspecified atom stereocenters. The van der Waals surface area contributed by atoms with Crippen LogP contribution in [-0.4, -0.2) is 30.3 Å². The van der Waals surface area contributed by atoms with Gasteiger partial charge in [0.1, 0.15) is 24.2 Å². The van der Waals surface area contributed by atoms with Crippen molar-refractivity contribution in [1.29, 1.82) is 0 Å². The first-order valence-corrected chi connectivity index (χ1v) is 6.97. The molecule has 1 aromatic rings. The number of rotatable bonds is 6. The van der Waals surface area contributed by atoms with Gasteiger partial charge in [0, 0.05) is 17.7 Å². The Bertz CT molecular complexity index is 475. The van der Waals surface area contributed by atoms with Gasteiger partial charge >= 0.3 is 0 Å². The zero-order valence-corrected chi connectivity index (χ0v) is 11.9. The molecular formula is C15H21NO4. The van der Waals surface area contributed by atoms with Crippen molar-refractivity contribution in [2.75, 3.05) is 13.2 Å². The third-order valence-electron chi connectivity index (χ3n) is 3.24. The Kier molecular flexibility index (Phi) is 4.84. The number of aliphatic hydroxyl groups excluding tert-OH is 1. The molecule has 0 spiro atoms. The van der Waals surface area contributed by atoms with Gasteiger partial charge in [-0.3, -0.25) is 4.79 Å². The Morgan fingerprint density at radius 1 is 1.60 bits per heavy atom. The fourth-order valence-electron chi connectivity index (χ4n) is 2.23. The van der Waals surface area contributed by atoms with Gasteiger partial charge in [0.15, 0.2) is 6.61 Å². The summed E-state index contributed by atoms with van der Waals surface area (Å²) in [6, 6.07) is 5.36. The fourth-order valence-corrected chi connectivity index (χ4v) is 2.23. The van der Waals surface area contributed by atoms with Gasteiger partial charge in [-0.15, -0.1) is 0 Å². The average molecular weight is 279 g/mol. The van der Waals surface area contributed by atoms with Crippen molar-refractivity contribution in [2.24, 2.45) is 0 Å². The number of amides is 1. The van der Waals surface area contributed by atoms with E-state index in [-0.39, 0.29) is 25.2 Å². The minimum Gasteiger partial charge on any atom is -0.490 e. The molecule has 5 heteroatoms. The number of hydrogen-bond donors (Lipinski definition) is 2. The highest BCUT2D eigenvalue weighted by molar-refractivity contribution is 5.77. The van der Waals surface area contributed by atoms with E-state index >= 15 is 0 Å². The molecule has 2 atom stereocenters. The number of hydrogen-bond acceptors (Lipinski definition) is 4. The van der Waals surface area contributed by atoms with Crippen LogP contribution in [-0.2, 0) is 4.79 Å². The Labute approximate surface area is 118 Å². The minimum atomic E-state index is -0.572. The van der Waals surface area contributed by atoms with Crippen LogP contribution in [0, 0.1) is 0 Å². The van der Waals surface area contributed by atoms with E-state index in [2.05, 4.69) is 12.2 Å². The Morgan fingerprint density at radius 3 is 3.15 bits per heavy atom. The van der Waals surface area contributed by atoms with Crippen LogP contribution < -0.4 is 14.8 Å². The number of ether oxygens (including phenoxy) is 2. The normalized spacial score (nSPS) is 18.1. The molecule has 0 aliphatic carbocycles. The SMILES string of the molecule is CCCC(C)NC(=O)COc1ccc2c(c1)OCC2O. The molecule has 1 aliphatic heterocycles. The molecule has 0 saturated carbocycles. The van der Waals surface area contributed by atoms with E-state index in [0.717, 1.165) is 18.4 Å². The highest BCUT2D eigenvalue weighted by Crippen LogP contribution is 2.34. The molecule has 0 aromatic heterocycles. The lowest BCUT2D eigenvalue weighted by molar-refractivity contribution is -0.123. The van der Waals surface area contributed by atoms with E-state index in [9.17, 15) is 9.90 Å². The van der Waals surface area contributed by atoms with Crippen molar-refractivity contribution in [3.05, 3.63) is 23.8 Å². The zero-order chi connectivity index (χ0) is 14.5. The number of carbonyl (C=O) groups is 1. The first kappa shape index (κ1) is 14.7. The van der Waals surface area contributed by atoms with Crippen LogP contribution in [0.2, 0.25) is 0 Å². The first-order valence-electron chi connectivity index (χ1n) is 6.97. The molecule has 1 aliphatic rings. The lowest BCUT2D eigenvalue weighted by Gasteiger charge is -2.13. The highest BCUT2D eigenvalue weighted by Gasteiger charge is 2.22. The molecule has 1 amide bonds. The summed E-state index contributed by atoms with van der Waals surface area (Å²) >= 11 is 0. The molecular weight excluding hydrogens is 258 g/mol. The average Bonchev–Trinajstić information content (AvgIpc) is 2.78. The van der Waals surface area contributed by atoms with Crippen LogP contribution in [0.15, 0.2) is 18.2 Å². The summed E-state index contributed by atoms with van der Waals surface area (Å²) < 4.78 is 10.8. The van der Waals surface area contributed by atoms with Gasteiger partial charge in [-0.25, -0.2) is 0 Å². The molecule has 2 rings (SSSR count). The van der Waals surface area contributed by atoms with Crippen LogP contribution in [0.25, 0.3) is 0 Å². The van der Waals surface area contributed by atoms with Crippen LogP contribution in [0.5, 0.6) is 11.5 Å². The van der Waals surface area contributed by atoms with Gasteiger partial charge in [0.05, 0.1) is 0 Å². The summed E-state index contributed by atoms with van der Waals surface area (Å²) in [4.78, 5) is 11.7. The second-order valence-electron chi connectivity index (χ2n) is 5.07. The van der Waals surface area contributed by atoms with Gasteiger partial charge < -0.3 is 19.9 Å². The summed E-state index contributed by atoms with van der Waals surface area (Å²) in [5.41, 5.74) is 0.762. The number of carbonyl (C=O) groups excluding carboxylic acids is 1. The standard InChI is InChI=1S/C15H21NO4/c1-3-4-10(2)16-15(18)9-19-11-5-6-12-13(17)8-20-14(12)7-11/h5-7,10,13,17H,3-4,8-9H2,1-2H3,(H,16,18). The molecule has 20 heavy (non-hydrogen) atoms. The smallest absolute Gasteiger partial charge is 0.258 e. The maximum Gasteiger partial charge on any atom is 0.258 e. The van der Waals surface area contributed by atoms with E-state index in [1.165, 1.54) is 0 Å². The third kappa shape index (κ3) is 3.63. The third-order valence-corrected chi connectivity index (χ3v) is 3.24. The quantitative estimate of drug-likeness (QED) is 0.833. The molecule has 1 heterocycles. The van der Waals surface area contributed by atoms with E-state index < -0.39 is 6.10 Å². The predicted octanol–water partition coefficient (Wildman–Crippen LogP) is 1.80. The molecule has 1 aromatic carbocycles. The van der Waals surface area contributed by atoms with Crippen molar-refractivity contribution < 1.29 is 19.4 Å². The Hall–Kier alpha value is -1.75. The zero-order valence-electron chi connectivity index (χ0n) is 11.9. The molecule has 110 valence electrons. The van der Waals surface area contributed by atoms with Crippen LogP contribution >= 0.6 is 0 Å². The summed E-state index contributed by atoms with van der Waals surface area (Å²) in [6.07, 6.45) is 1.42. The molecule has 0 saturated heterocycles. The number of aliphatic hydroxyl groups is 1. The second-order valence-corrected chi connectivity index (χ2v) is 5.07. The van der Waals surface area contributed by atoms with Crippen LogP contribution in [0.1, 0.15) is 38.4 Å². The van der Waals surface area contributed by atoms with E-state index in [1.54, 1.807) is 18.2 Å². The summed E-state index contributed by atoms with van der Waals surface area (Å²) in [5, 5.41) is 12.5. The Balaban J connectivity index is 1.84. The topological polar surface area (TPSA) is 67.8 Å². The maximum absolute atomic E-state index is 11.7. The van der Waals surface area contributed by atoms with Gasteiger partial charge in [0.2, 0.25) is 0 Å². The van der Waals surface area contributed by atoms with Crippen LogP contribution in [0.3, 0.4) is 0 Å². The van der Waals surface area contributed by atoms with Crippen molar-refractivity contribution in [3.63, 3.8) is 0 Å². The molecule has 5 nitrogen and oxygen atoms in total. The van der Waals surface area contributed by atoms with Gasteiger partial charge in [-0.05, 0) is 25.5 Å². The molecule has 0 radical (unpaired) electrons. The van der Waals surface area contributed by atoms with Crippen LogP contribution in [0.4, 0.5) is 0 Å². The number of nitrogens with one attached hydrogen (secondary N) is 1. The summed E-state index contributed by atoms with van der Waals surface area (Å²) in [7, 11) is 0. The monoisotopic (exact) mass is 279 g/mol. The maximum atomic E-state index is 11.7. The molecule has 0 bridgehead atoms. The van der Waals surface area contributed by atoms with E-state index in [4.69, 9.17) is 9.47 Å². The van der Waals surface area contributed by atoms with Gasteiger partial charge in [-0.1, -0.05) is 13.3 Å². The highest BCUT2D eigenvalue weighted by atomic mass is 16.5. The first-order chi connectivity index (χ1) is 9.60. The molecule has 0 fully saturated rings. The van der Waals surface area contributed by atoms with Gasteiger partial charge in [-0.2, -0.15) is 0 Å². The van der Waals surface area contributed by atoms with Crippen molar-refractivity contribution >= 4 is 5.91 Å². The number of fused-ring (bicyclic) bond motifs is 1. The lowest BCUT2D eigenvalue weighted by Crippen LogP contribution is -2.35. The van der Waals surface area contributed by atoms with Crippen molar-refractivity contribution in [3.8, 4) is 11.5 Å². The molecule has 2 N–H and O–H groups in total. The Morgan fingerprint density at radius 2 is 2.40 bits per heavy atom. The largest absolute Gasteiger partial charge is 0.490 e. The fraction of sp³-hybridized carbons (Fsp3) is 0.533. The number of benzene rings is 1. The summed E-state index contributed by atoms with van der Waals surface area (Å²) in [5.74, 6) is 1.05. The lowest BCUT2D eigenvalue weighted by atomic mass is 10.1. The van der Waals surface area contributed by atoms with E-state index in [1.807, 2.05) is 6.92 Å². The van der Waals surface area contributed by atoms with Crippen molar-refractivity contribution in [2.45, 2.75) is 38.8 Å². The second kappa shape index (κ2) is 6.61. The predicted molar refractivity (Wildman–Crippen MR) is 74.9 cm³/mol. The minimum absolute atomic E-state index is 0.0185. The van der Waals surface area contributed by atoms with Gasteiger partial charge in [0.25, 0.3) is 5.91 Å². The summed E-state index contributed by atoms with van der Waals surface area (Å²) in [6.45, 7) is 4.31. The van der Waals surface area contributed by atoms with E-state index in [0.29, 0.717) is 11.5 Å². The van der Waals surface area contributed by atoms with Crippen molar-refractivity contribution in [1.82, 2.24) is 5.32 Å².